The lowest BCUT2D eigenvalue weighted by Crippen LogP contribution is -2.52. The molecular weight excluding hydrogens is 473 g/mol. The zero-order chi connectivity index (χ0) is 25.7. The van der Waals surface area contributed by atoms with E-state index in [1.807, 2.05) is 48.2 Å². The van der Waals surface area contributed by atoms with Gasteiger partial charge in [0.15, 0.2) is 11.9 Å². The van der Waals surface area contributed by atoms with Gasteiger partial charge in [-0.2, -0.15) is 13.2 Å². The average Bonchev–Trinajstić information content (AvgIpc) is 2.89. The van der Waals surface area contributed by atoms with Crippen molar-refractivity contribution in [3.63, 3.8) is 0 Å². The van der Waals surface area contributed by atoms with Gasteiger partial charge in [-0.15, -0.1) is 10.2 Å². The summed E-state index contributed by atoms with van der Waals surface area (Å²) in [5.41, 5.74) is 0.863. The Morgan fingerprint density at radius 3 is 2.31 bits per heavy atom. The minimum absolute atomic E-state index is 0.00667. The van der Waals surface area contributed by atoms with Crippen LogP contribution in [0.3, 0.4) is 0 Å². The highest BCUT2D eigenvalue weighted by Gasteiger charge is 2.31. The maximum Gasteiger partial charge on any atom is 0.416 e. The molecule has 2 heterocycles. The monoisotopic (exact) mass is 500 g/mol. The summed E-state index contributed by atoms with van der Waals surface area (Å²) in [5, 5.41) is 8.69. The van der Waals surface area contributed by atoms with Gasteiger partial charge in [-0.1, -0.05) is 6.07 Å². The molecule has 0 radical (unpaired) electrons. The number of benzene rings is 2. The van der Waals surface area contributed by atoms with E-state index in [-0.39, 0.29) is 11.7 Å². The number of rotatable bonds is 7. The van der Waals surface area contributed by atoms with E-state index in [1.165, 1.54) is 12.1 Å². The first-order valence-electron chi connectivity index (χ1n) is 11.7. The fourth-order valence-corrected chi connectivity index (χ4v) is 3.95. The average molecular weight is 501 g/mol. The van der Waals surface area contributed by atoms with E-state index in [0.717, 1.165) is 29.1 Å². The van der Waals surface area contributed by atoms with Gasteiger partial charge in [0, 0.05) is 31.7 Å². The van der Waals surface area contributed by atoms with Crippen LogP contribution in [0.25, 0.3) is 11.3 Å². The van der Waals surface area contributed by atoms with Crippen LogP contribution in [0, 0.1) is 0 Å². The lowest BCUT2D eigenvalue weighted by Gasteiger charge is -2.36. The highest BCUT2D eigenvalue weighted by Crippen LogP contribution is 2.31. The van der Waals surface area contributed by atoms with Gasteiger partial charge >= 0.3 is 6.18 Å². The van der Waals surface area contributed by atoms with Crippen LogP contribution in [0.2, 0.25) is 0 Å². The number of piperazine rings is 1. The molecule has 4 rings (SSSR count). The number of carbonyl (C=O) groups is 1. The number of ether oxygens (including phenoxy) is 2. The summed E-state index contributed by atoms with van der Waals surface area (Å²) < 4.78 is 49.8. The van der Waals surface area contributed by atoms with Gasteiger partial charge in [0.2, 0.25) is 0 Å². The number of nitrogens with zero attached hydrogens (tertiary/aromatic N) is 4. The Hall–Kier alpha value is -3.82. The molecule has 1 aliphatic heterocycles. The molecule has 1 atom stereocenters. The van der Waals surface area contributed by atoms with Crippen LogP contribution in [0.15, 0.2) is 60.7 Å². The molecule has 1 aromatic heterocycles. The third kappa shape index (κ3) is 6.05. The van der Waals surface area contributed by atoms with E-state index >= 15 is 0 Å². The Labute approximate surface area is 207 Å². The molecule has 7 nitrogen and oxygen atoms in total. The van der Waals surface area contributed by atoms with Crippen LogP contribution >= 0.6 is 0 Å². The van der Waals surface area contributed by atoms with Crippen LogP contribution in [0.1, 0.15) is 19.4 Å². The summed E-state index contributed by atoms with van der Waals surface area (Å²) >= 11 is 0. The smallest absolute Gasteiger partial charge is 0.416 e. The first kappa shape index (κ1) is 25.3. The zero-order valence-corrected chi connectivity index (χ0v) is 20.0. The van der Waals surface area contributed by atoms with Crippen molar-refractivity contribution in [3.05, 3.63) is 66.2 Å². The molecule has 0 spiro atoms. The summed E-state index contributed by atoms with van der Waals surface area (Å²) in [6, 6.07) is 16.0. The number of amides is 1. The van der Waals surface area contributed by atoms with E-state index in [2.05, 4.69) is 10.2 Å². The Morgan fingerprint density at radius 2 is 1.69 bits per heavy atom. The molecule has 1 saturated heterocycles. The van der Waals surface area contributed by atoms with Crippen LogP contribution in [-0.2, 0) is 11.0 Å². The summed E-state index contributed by atoms with van der Waals surface area (Å²) in [6.45, 7) is 6.07. The maximum atomic E-state index is 12.9. The fourth-order valence-electron chi connectivity index (χ4n) is 3.95. The van der Waals surface area contributed by atoms with Gasteiger partial charge in [0.05, 0.1) is 17.9 Å². The second kappa shape index (κ2) is 10.8. The molecule has 0 bridgehead atoms. The highest BCUT2D eigenvalue weighted by molar-refractivity contribution is 5.81. The summed E-state index contributed by atoms with van der Waals surface area (Å²) in [4.78, 5) is 16.5. The van der Waals surface area contributed by atoms with Crippen molar-refractivity contribution in [2.24, 2.45) is 0 Å². The SMILES string of the molecule is CCOc1ccc(-c2ccc(N3CCN(C(=O)C(C)Oc4cccc(C(F)(F)F)c4)CC3)nn2)cc1. The molecule has 0 saturated carbocycles. The van der Waals surface area contributed by atoms with Crippen LogP contribution in [-0.4, -0.2) is 59.9 Å². The molecule has 1 unspecified atom stereocenters. The second-order valence-corrected chi connectivity index (χ2v) is 8.33. The molecule has 0 aliphatic carbocycles. The minimum atomic E-state index is -4.47. The summed E-state index contributed by atoms with van der Waals surface area (Å²) in [5.74, 6) is 1.24. The third-order valence-corrected chi connectivity index (χ3v) is 5.85. The first-order chi connectivity index (χ1) is 17.2. The minimum Gasteiger partial charge on any atom is -0.494 e. The Morgan fingerprint density at radius 1 is 0.972 bits per heavy atom. The standard InChI is InChI=1S/C26H27F3N4O3/c1-3-35-21-9-7-19(8-10-21)23-11-12-24(31-30-23)32-13-15-33(16-14-32)25(34)18(2)36-22-6-4-5-20(17-22)26(27,28)29/h4-12,17-18H,3,13-16H2,1-2H3. The van der Waals surface area contributed by atoms with Gasteiger partial charge < -0.3 is 19.3 Å². The maximum absolute atomic E-state index is 12.9. The van der Waals surface area contributed by atoms with Crippen molar-refractivity contribution in [3.8, 4) is 22.8 Å². The van der Waals surface area contributed by atoms with Gasteiger partial charge in [0.25, 0.3) is 5.91 Å². The molecular formula is C26H27F3N4O3. The quantitative estimate of drug-likeness (QED) is 0.470. The van der Waals surface area contributed by atoms with Crippen molar-refractivity contribution in [2.45, 2.75) is 26.1 Å². The number of anilines is 1. The first-order valence-corrected chi connectivity index (χ1v) is 11.7. The lowest BCUT2D eigenvalue weighted by atomic mass is 10.1. The molecule has 36 heavy (non-hydrogen) atoms. The molecule has 0 N–H and O–H groups in total. The number of alkyl halides is 3. The van der Waals surface area contributed by atoms with Crippen LogP contribution < -0.4 is 14.4 Å². The molecule has 1 aliphatic rings. The normalized spacial score (nSPS) is 14.9. The Balaban J connectivity index is 1.31. The number of carbonyl (C=O) groups excluding carboxylic acids is 1. The third-order valence-electron chi connectivity index (χ3n) is 5.85. The molecule has 10 heteroatoms. The molecule has 190 valence electrons. The summed E-state index contributed by atoms with van der Waals surface area (Å²) in [7, 11) is 0. The molecule has 3 aromatic rings. The zero-order valence-electron chi connectivity index (χ0n) is 20.0. The largest absolute Gasteiger partial charge is 0.494 e. The predicted molar refractivity (Wildman–Crippen MR) is 129 cm³/mol. The van der Waals surface area contributed by atoms with Crippen molar-refractivity contribution in [2.75, 3.05) is 37.7 Å². The van der Waals surface area contributed by atoms with Gasteiger partial charge in [0.1, 0.15) is 11.5 Å². The number of halogens is 3. The Kier molecular flexibility index (Phi) is 7.61. The van der Waals surface area contributed by atoms with E-state index in [0.29, 0.717) is 38.6 Å². The van der Waals surface area contributed by atoms with E-state index in [9.17, 15) is 18.0 Å². The van der Waals surface area contributed by atoms with E-state index < -0.39 is 17.8 Å². The topological polar surface area (TPSA) is 67.8 Å². The van der Waals surface area contributed by atoms with Crippen molar-refractivity contribution < 1.29 is 27.4 Å². The number of hydrogen-bond donors (Lipinski definition) is 0. The Bertz CT molecular complexity index is 1160. The van der Waals surface area contributed by atoms with E-state index in [1.54, 1.807) is 11.8 Å². The lowest BCUT2D eigenvalue weighted by molar-refractivity contribution is -0.138. The number of hydrogen-bond acceptors (Lipinski definition) is 6. The second-order valence-electron chi connectivity index (χ2n) is 8.33. The van der Waals surface area contributed by atoms with Crippen molar-refractivity contribution >= 4 is 11.7 Å². The van der Waals surface area contributed by atoms with Gasteiger partial charge in [-0.3, -0.25) is 4.79 Å². The molecule has 1 fully saturated rings. The van der Waals surface area contributed by atoms with Gasteiger partial charge in [-0.25, -0.2) is 0 Å². The van der Waals surface area contributed by atoms with E-state index in [4.69, 9.17) is 9.47 Å². The number of aromatic nitrogens is 2. The van der Waals surface area contributed by atoms with Gasteiger partial charge in [-0.05, 0) is 68.4 Å². The van der Waals surface area contributed by atoms with Crippen LogP contribution in [0.4, 0.5) is 19.0 Å². The predicted octanol–water partition coefficient (Wildman–Crippen LogP) is 4.68. The highest BCUT2D eigenvalue weighted by atomic mass is 19.4. The van der Waals surface area contributed by atoms with Crippen LogP contribution in [0.5, 0.6) is 11.5 Å². The molecule has 1 amide bonds. The van der Waals surface area contributed by atoms with Crippen molar-refractivity contribution in [1.29, 1.82) is 0 Å². The molecule has 2 aromatic carbocycles. The fraction of sp³-hybridized carbons (Fsp3) is 0.346. The van der Waals surface area contributed by atoms with Crippen molar-refractivity contribution in [1.82, 2.24) is 15.1 Å². The summed E-state index contributed by atoms with van der Waals surface area (Å²) in [6.07, 6.45) is -5.38.